The third-order valence-corrected chi connectivity index (χ3v) is 4.08. The maximum absolute atomic E-state index is 13.0. The number of nitrogens with zero attached hydrogens (tertiary/aromatic N) is 1. The number of benzene rings is 1. The van der Waals surface area contributed by atoms with Gasteiger partial charge in [0.05, 0.1) is 5.52 Å². The zero-order chi connectivity index (χ0) is 15.7. The van der Waals surface area contributed by atoms with Gasteiger partial charge in [0, 0.05) is 23.2 Å². The number of halogens is 4. The van der Waals surface area contributed by atoms with Crippen molar-refractivity contribution in [1.82, 2.24) is 4.98 Å². The Bertz CT molecular complexity index is 675. The summed E-state index contributed by atoms with van der Waals surface area (Å²) in [6.07, 6.45) is -0.788. The lowest BCUT2D eigenvalue weighted by Crippen LogP contribution is -2.35. The van der Waals surface area contributed by atoms with Crippen LogP contribution in [0.25, 0.3) is 10.9 Å². The molecule has 1 saturated carbocycles. The fourth-order valence-electron chi connectivity index (χ4n) is 3.02. The molecule has 2 atom stereocenters. The zero-order valence-electron chi connectivity index (χ0n) is 12.4. The molecule has 3 N–H and O–H groups in total. The Morgan fingerprint density at radius 3 is 2.61 bits per heavy atom. The second kappa shape index (κ2) is 6.93. The first-order chi connectivity index (χ1) is 10.4. The number of alkyl halides is 3. The first kappa shape index (κ1) is 17.8. The molecule has 3 rings (SSSR count). The van der Waals surface area contributed by atoms with E-state index in [-0.39, 0.29) is 24.5 Å². The maximum Gasteiger partial charge on any atom is 0.433 e. The van der Waals surface area contributed by atoms with Gasteiger partial charge in [-0.1, -0.05) is 18.2 Å². The van der Waals surface area contributed by atoms with Gasteiger partial charge in [-0.05, 0) is 37.8 Å². The van der Waals surface area contributed by atoms with E-state index < -0.39 is 11.9 Å². The highest BCUT2D eigenvalue weighted by atomic mass is 35.5. The van der Waals surface area contributed by atoms with E-state index in [1.165, 1.54) is 0 Å². The van der Waals surface area contributed by atoms with Gasteiger partial charge in [-0.2, -0.15) is 13.2 Å². The normalized spacial score (nSPS) is 21.7. The van der Waals surface area contributed by atoms with Gasteiger partial charge in [-0.3, -0.25) is 0 Å². The minimum atomic E-state index is -4.45. The molecule has 0 bridgehead atoms. The smallest absolute Gasteiger partial charge is 0.382 e. The Hall–Kier alpha value is -1.53. The van der Waals surface area contributed by atoms with E-state index in [4.69, 9.17) is 5.73 Å². The molecule has 0 amide bonds. The molecule has 2 aromatic rings. The van der Waals surface area contributed by atoms with Gasteiger partial charge < -0.3 is 11.1 Å². The molecule has 0 aliphatic heterocycles. The van der Waals surface area contributed by atoms with Gasteiger partial charge in [-0.15, -0.1) is 12.4 Å². The fraction of sp³-hybridized carbons (Fsp3) is 0.438. The van der Waals surface area contributed by atoms with E-state index in [1.807, 2.05) is 0 Å². The topological polar surface area (TPSA) is 50.9 Å². The lowest BCUT2D eigenvalue weighted by atomic mass is 9.91. The number of nitrogens with two attached hydrogens (primary N) is 1. The van der Waals surface area contributed by atoms with Gasteiger partial charge in [0.1, 0.15) is 5.69 Å². The highest BCUT2D eigenvalue weighted by Gasteiger charge is 2.33. The van der Waals surface area contributed by atoms with Gasteiger partial charge in [0.25, 0.3) is 0 Å². The first-order valence-corrected chi connectivity index (χ1v) is 7.42. The highest BCUT2D eigenvalue weighted by Crippen LogP contribution is 2.34. The summed E-state index contributed by atoms with van der Waals surface area (Å²) in [6, 6.07) is 8.19. The molecule has 0 saturated heterocycles. The fourth-order valence-corrected chi connectivity index (χ4v) is 3.02. The molecule has 23 heavy (non-hydrogen) atoms. The van der Waals surface area contributed by atoms with E-state index in [2.05, 4.69) is 10.3 Å². The standard InChI is InChI=1S/C16H18F3N3.ClH/c17-16(18,19)15-9-14(12-6-1-2-7-13(12)22-15)21-11-5-3-4-10(20)8-11;/h1-2,6-7,9-11H,3-5,8,20H2,(H,21,22);1H/t10?,11-;/m0./s1. The number of rotatable bonds is 2. The number of anilines is 1. The maximum atomic E-state index is 13.0. The van der Waals surface area contributed by atoms with Crippen molar-refractivity contribution in [3.63, 3.8) is 0 Å². The van der Waals surface area contributed by atoms with Crippen molar-refractivity contribution in [2.75, 3.05) is 5.32 Å². The van der Waals surface area contributed by atoms with Gasteiger partial charge in [0.2, 0.25) is 0 Å². The summed E-state index contributed by atoms with van der Waals surface area (Å²) in [5.74, 6) is 0. The number of para-hydroxylation sites is 1. The Morgan fingerprint density at radius 2 is 1.91 bits per heavy atom. The number of nitrogens with one attached hydrogen (secondary N) is 1. The van der Waals surface area contributed by atoms with Crippen LogP contribution in [0.1, 0.15) is 31.4 Å². The summed E-state index contributed by atoms with van der Waals surface area (Å²) in [5, 5.41) is 3.95. The second-order valence-electron chi connectivity index (χ2n) is 5.84. The van der Waals surface area contributed by atoms with E-state index >= 15 is 0 Å². The van der Waals surface area contributed by atoms with Crippen LogP contribution >= 0.6 is 12.4 Å². The highest BCUT2D eigenvalue weighted by molar-refractivity contribution is 5.91. The van der Waals surface area contributed by atoms with Crippen molar-refractivity contribution in [3.8, 4) is 0 Å². The SMILES string of the molecule is Cl.NC1CCC[C@H](Nc2cc(C(F)(F)F)nc3ccccc23)C1. The van der Waals surface area contributed by atoms with Crippen LogP contribution in [0.3, 0.4) is 0 Å². The predicted molar refractivity (Wildman–Crippen MR) is 87.8 cm³/mol. The number of fused-ring (bicyclic) bond motifs is 1. The van der Waals surface area contributed by atoms with E-state index in [0.717, 1.165) is 31.7 Å². The molecule has 1 aromatic carbocycles. The third-order valence-electron chi connectivity index (χ3n) is 4.08. The molecule has 7 heteroatoms. The molecule has 0 spiro atoms. The van der Waals surface area contributed by atoms with Crippen LogP contribution in [0, 0.1) is 0 Å². The van der Waals surface area contributed by atoms with E-state index in [9.17, 15) is 13.2 Å². The Balaban J connectivity index is 0.00000192. The summed E-state index contributed by atoms with van der Waals surface area (Å²) in [4.78, 5) is 3.73. The van der Waals surface area contributed by atoms with E-state index in [1.54, 1.807) is 24.3 Å². The van der Waals surface area contributed by atoms with Crippen LogP contribution in [0.15, 0.2) is 30.3 Å². The second-order valence-corrected chi connectivity index (χ2v) is 5.84. The quantitative estimate of drug-likeness (QED) is 0.850. The number of hydrogen-bond acceptors (Lipinski definition) is 3. The minimum absolute atomic E-state index is 0. The van der Waals surface area contributed by atoms with Crippen molar-refractivity contribution in [2.24, 2.45) is 5.73 Å². The number of hydrogen-bond donors (Lipinski definition) is 2. The molecule has 126 valence electrons. The summed E-state index contributed by atoms with van der Waals surface area (Å²) in [6.45, 7) is 0. The molecular formula is C16H19ClF3N3. The van der Waals surface area contributed by atoms with Crippen LogP contribution in [0.2, 0.25) is 0 Å². The molecule has 0 radical (unpaired) electrons. The largest absolute Gasteiger partial charge is 0.433 e. The van der Waals surface area contributed by atoms with Crippen molar-refractivity contribution >= 4 is 29.0 Å². The van der Waals surface area contributed by atoms with Crippen LogP contribution in [-0.4, -0.2) is 17.1 Å². The van der Waals surface area contributed by atoms with Crippen molar-refractivity contribution < 1.29 is 13.2 Å². The first-order valence-electron chi connectivity index (χ1n) is 7.42. The molecule has 1 aliphatic carbocycles. The lowest BCUT2D eigenvalue weighted by molar-refractivity contribution is -0.140. The van der Waals surface area contributed by atoms with Gasteiger partial charge >= 0.3 is 6.18 Å². The summed E-state index contributed by atoms with van der Waals surface area (Å²) >= 11 is 0. The number of pyridine rings is 1. The average molecular weight is 346 g/mol. The average Bonchev–Trinajstić information content (AvgIpc) is 2.46. The van der Waals surface area contributed by atoms with Crippen molar-refractivity contribution in [1.29, 1.82) is 0 Å². The third kappa shape index (κ3) is 4.06. The summed E-state index contributed by atoms with van der Waals surface area (Å²) in [5.41, 5.74) is 5.92. The molecule has 1 unspecified atom stereocenters. The minimum Gasteiger partial charge on any atom is -0.382 e. The molecule has 1 aromatic heterocycles. The van der Waals surface area contributed by atoms with Crippen molar-refractivity contribution in [2.45, 2.75) is 43.9 Å². The van der Waals surface area contributed by atoms with E-state index in [0.29, 0.717) is 16.6 Å². The molecule has 1 fully saturated rings. The summed E-state index contributed by atoms with van der Waals surface area (Å²) in [7, 11) is 0. The van der Waals surface area contributed by atoms with Crippen LogP contribution in [0.5, 0.6) is 0 Å². The van der Waals surface area contributed by atoms with Crippen LogP contribution < -0.4 is 11.1 Å². The molecular weight excluding hydrogens is 327 g/mol. The van der Waals surface area contributed by atoms with Crippen molar-refractivity contribution in [3.05, 3.63) is 36.0 Å². The molecule has 1 heterocycles. The number of aromatic nitrogens is 1. The molecule has 1 aliphatic rings. The van der Waals surface area contributed by atoms with Crippen LogP contribution in [0.4, 0.5) is 18.9 Å². The Kier molecular flexibility index (Phi) is 5.37. The van der Waals surface area contributed by atoms with Gasteiger partial charge in [0.15, 0.2) is 0 Å². The monoisotopic (exact) mass is 345 g/mol. The van der Waals surface area contributed by atoms with Crippen LogP contribution in [-0.2, 0) is 6.18 Å². The zero-order valence-corrected chi connectivity index (χ0v) is 13.3. The lowest BCUT2D eigenvalue weighted by Gasteiger charge is -2.28. The Labute approximate surface area is 138 Å². The molecule has 3 nitrogen and oxygen atoms in total. The Morgan fingerprint density at radius 1 is 1.17 bits per heavy atom. The summed E-state index contributed by atoms with van der Waals surface area (Å²) < 4.78 is 39.1. The van der Waals surface area contributed by atoms with Gasteiger partial charge in [-0.25, -0.2) is 4.98 Å². The predicted octanol–water partition coefficient (Wildman–Crippen LogP) is 4.36.